The smallest absolute Gasteiger partial charge is 0.237 e. The fraction of sp³-hybridized carbons (Fsp3) is 0.0588. The fourth-order valence-corrected chi connectivity index (χ4v) is 3.28. The Kier molecular flexibility index (Phi) is 2.82. The number of carbonyl (C=O) groups is 1. The highest BCUT2D eigenvalue weighted by molar-refractivity contribution is 7.12. The Morgan fingerprint density at radius 1 is 1.05 bits per heavy atom. The van der Waals surface area contributed by atoms with Crippen LogP contribution in [-0.4, -0.2) is 10.8 Å². The molecule has 3 heterocycles. The molecule has 0 saturated heterocycles. The molecule has 0 saturated carbocycles. The number of fused-ring (bicyclic) bond motifs is 3. The van der Waals surface area contributed by atoms with Crippen molar-refractivity contribution in [1.29, 1.82) is 0 Å². The molecule has 0 aliphatic carbocycles. The third kappa shape index (κ3) is 2.14. The summed E-state index contributed by atoms with van der Waals surface area (Å²) in [5.41, 5.74) is 2.17. The van der Waals surface area contributed by atoms with Crippen LogP contribution in [0.15, 0.2) is 60.2 Å². The van der Waals surface area contributed by atoms with Gasteiger partial charge in [-0.2, -0.15) is 4.57 Å². The van der Waals surface area contributed by atoms with Crippen molar-refractivity contribution in [1.82, 2.24) is 4.98 Å². The van der Waals surface area contributed by atoms with Crippen molar-refractivity contribution in [2.45, 2.75) is 6.54 Å². The lowest BCUT2D eigenvalue weighted by Crippen LogP contribution is -2.36. The average molecular weight is 293 g/mol. The number of aromatic amines is 1. The van der Waals surface area contributed by atoms with Gasteiger partial charge in [-0.25, -0.2) is 0 Å². The zero-order chi connectivity index (χ0) is 14.2. The summed E-state index contributed by atoms with van der Waals surface area (Å²) in [5, 5.41) is 4.33. The largest absolute Gasteiger partial charge is 0.350 e. The molecule has 0 aliphatic heterocycles. The van der Waals surface area contributed by atoms with Crippen molar-refractivity contribution < 1.29 is 9.36 Å². The van der Waals surface area contributed by atoms with E-state index in [-0.39, 0.29) is 5.78 Å². The number of H-pyrrole nitrogens is 1. The van der Waals surface area contributed by atoms with Crippen molar-refractivity contribution >= 4 is 38.9 Å². The molecule has 0 amide bonds. The molecular formula is C17H13N2OS+. The van der Waals surface area contributed by atoms with E-state index in [9.17, 15) is 4.79 Å². The molecule has 0 bridgehead atoms. The van der Waals surface area contributed by atoms with Crippen molar-refractivity contribution in [3.63, 3.8) is 0 Å². The fourth-order valence-electron chi connectivity index (χ4n) is 2.62. The molecule has 102 valence electrons. The predicted molar refractivity (Wildman–Crippen MR) is 84.6 cm³/mol. The number of nitrogens with one attached hydrogen (secondary N) is 1. The number of aromatic nitrogens is 2. The van der Waals surface area contributed by atoms with Gasteiger partial charge < -0.3 is 4.98 Å². The maximum Gasteiger partial charge on any atom is 0.237 e. The molecule has 4 rings (SSSR count). The highest BCUT2D eigenvalue weighted by Crippen LogP contribution is 2.23. The summed E-state index contributed by atoms with van der Waals surface area (Å²) in [6.07, 6.45) is 3.97. The minimum Gasteiger partial charge on any atom is -0.350 e. The van der Waals surface area contributed by atoms with Crippen LogP contribution in [0.4, 0.5) is 0 Å². The number of nitrogens with zero attached hydrogens (tertiary/aromatic N) is 1. The molecular weight excluding hydrogens is 280 g/mol. The summed E-state index contributed by atoms with van der Waals surface area (Å²) in [4.78, 5) is 16.4. The van der Waals surface area contributed by atoms with E-state index in [4.69, 9.17) is 0 Å². The topological polar surface area (TPSA) is 36.7 Å². The van der Waals surface area contributed by atoms with Gasteiger partial charge in [-0.1, -0.05) is 24.3 Å². The van der Waals surface area contributed by atoms with Crippen LogP contribution in [0.2, 0.25) is 0 Å². The molecule has 0 spiro atoms. The quantitative estimate of drug-likeness (QED) is 0.455. The summed E-state index contributed by atoms with van der Waals surface area (Å²) in [7, 11) is 0. The number of pyridine rings is 1. The van der Waals surface area contributed by atoms with Gasteiger partial charge in [-0.15, -0.1) is 11.3 Å². The molecule has 0 atom stereocenters. The van der Waals surface area contributed by atoms with Crippen molar-refractivity contribution in [3.05, 3.63) is 65.1 Å². The molecule has 4 heteroatoms. The summed E-state index contributed by atoms with van der Waals surface area (Å²) in [6.45, 7) is 0.367. The van der Waals surface area contributed by atoms with E-state index in [2.05, 4.69) is 23.2 Å². The second-order valence-electron chi connectivity index (χ2n) is 5.02. The summed E-state index contributed by atoms with van der Waals surface area (Å²) < 4.78 is 1.93. The Hall–Kier alpha value is -2.46. The van der Waals surface area contributed by atoms with E-state index in [1.54, 1.807) is 0 Å². The number of hydrogen-bond acceptors (Lipinski definition) is 2. The van der Waals surface area contributed by atoms with Gasteiger partial charge in [0, 0.05) is 22.4 Å². The number of benzene rings is 1. The van der Waals surface area contributed by atoms with Crippen LogP contribution in [0, 0.1) is 0 Å². The number of para-hydroxylation sites is 1. The van der Waals surface area contributed by atoms with Gasteiger partial charge in [-0.05, 0) is 17.5 Å². The van der Waals surface area contributed by atoms with Crippen LogP contribution < -0.4 is 4.57 Å². The van der Waals surface area contributed by atoms with Gasteiger partial charge in [-0.3, -0.25) is 4.79 Å². The molecule has 21 heavy (non-hydrogen) atoms. The molecule has 0 fully saturated rings. The number of hydrogen-bond donors (Lipinski definition) is 1. The minimum atomic E-state index is 0.144. The van der Waals surface area contributed by atoms with Crippen LogP contribution in [0.25, 0.3) is 21.8 Å². The standard InChI is InChI=1S/C17H12N2OS/c20-16(17-6-3-9-21-17)11-19-8-7-13-12-4-1-2-5-14(12)18-15(13)10-19/h1-10H,11H2/p+1. The lowest BCUT2D eigenvalue weighted by Gasteiger charge is -1.95. The van der Waals surface area contributed by atoms with E-state index in [0.29, 0.717) is 6.54 Å². The van der Waals surface area contributed by atoms with Gasteiger partial charge in [0.1, 0.15) is 5.52 Å². The van der Waals surface area contributed by atoms with E-state index < -0.39 is 0 Å². The minimum absolute atomic E-state index is 0.144. The molecule has 4 aromatic rings. The average Bonchev–Trinajstić information content (AvgIpc) is 3.14. The Labute approximate surface area is 125 Å². The van der Waals surface area contributed by atoms with Crippen molar-refractivity contribution in [3.8, 4) is 0 Å². The van der Waals surface area contributed by atoms with E-state index in [1.807, 2.05) is 46.6 Å². The Morgan fingerprint density at radius 3 is 2.76 bits per heavy atom. The molecule has 1 aromatic carbocycles. The molecule has 1 N–H and O–H groups in total. The lowest BCUT2D eigenvalue weighted by molar-refractivity contribution is -0.681. The van der Waals surface area contributed by atoms with Gasteiger partial charge in [0.25, 0.3) is 0 Å². The first kappa shape index (κ1) is 12.3. The summed E-state index contributed by atoms with van der Waals surface area (Å²) in [5.74, 6) is 0.144. The third-order valence-corrected chi connectivity index (χ3v) is 4.54. The third-order valence-electron chi connectivity index (χ3n) is 3.63. The maximum atomic E-state index is 12.2. The first-order valence-corrected chi connectivity index (χ1v) is 7.65. The number of thiophene rings is 1. The van der Waals surface area contributed by atoms with Crippen LogP contribution >= 0.6 is 11.3 Å². The highest BCUT2D eigenvalue weighted by atomic mass is 32.1. The molecule has 3 aromatic heterocycles. The lowest BCUT2D eigenvalue weighted by atomic mass is 10.2. The first-order chi connectivity index (χ1) is 10.3. The SMILES string of the molecule is O=C(C[n+]1ccc2c(c1)[nH]c1ccccc12)c1cccs1. The number of Topliss-reactive ketones (excluding diaryl/α,β-unsaturated/α-hetero) is 1. The summed E-state index contributed by atoms with van der Waals surface area (Å²) in [6, 6.07) is 14.1. The van der Waals surface area contributed by atoms with E-state index in [0.717, 1.165) is 15.9 Å². The number of carbonyl (C=O) groups excluding carboxylic acids is 1. The Bertz CT molecular complexity index is 938. The molecule has 3 nitrogen and oxygen atoms in total. The van der Waals surface area contributed by atoms with Crippen LogP contribution in [-0.2, 0) is 6.54 Å². The second-order valence-corrected chi connectivity index (χ2v) is 5.96. The number of ketones is 1. The predicted octanol–water partition coefficient (Wildman–Crippen LogP) is 3.55. The number of rotatable bonds is 3. The zero-order valence-electron chi connectivity index (χ0n) is 11.2. The Balaban J connectivity index is 1.74. The van der Waals surface area contributed by atoms with E-state index in [1.165, 1.54) is 22.1 Å². The van der Waals surface area contributed by atoms with Crippen molar-refractivity contribution in [2.24, 2.45) is 0 Å². The monoisotopic (exact) mass is 293 g/mol. The van der Waals surface area contributed by atoms with Crippen LogP contribution in [0.5, 0.6) is 0 Å². The summed E-state index contributed by atoms with van der Waals surface area (Å²) >= 11 is 1.49. The van der Waals surface area contributed by atoms with Crippen LogP contribution in [0.1, 0.15) is 9.67 Å². The Morgan fingerprint density at radius 2 is 1.90 bits per heavy atom. The zero-order valence-corrected chi connectivity index (χ0v) is 12.1. The normalized spacial score (nSPS) is 11.2. The van der Waals surface area contributed by atoms with Crippen LogP contribution in [0.3, 0.4) is 0 Å². The van der Waals surface area contributed by atoms with Crippen molar-refractivity contribution in [2.75, 3.05) is 0 Å². The van der Waals surface area contributed by atoms with Gasteiger partial charge in [0.2, 0.25) is 12.3 Å². The van der Waals surface area contributed by atoms with Gasteiger partial charge in [0.05, 0.1) is 4.88 Å². The maximum absolute atomic E-state index is 12.2. The first-order valence-electron chi connectivity index (χ1n) is 6.77. The highest BCUT2D eigenvalue weighted by Gasteiger charge is 2.14. The van der Waals surface area contributed by atoms with Gasteiger partial charge in [0.15, 0.2) is 12.4 Å². The molecule has 0 unspecified atom stereocenters. The van der Waals surface area contributed by atoms with Gasteiger partial charge >= 0.3 is 0 Å². The molecule has 0 aliphatic rings. The molecule has 0 radical (unpaired) electrons. The second kappa shape index (κ2) is 4.82. The van der Waals surface area contributed by atoms with E-state index >= 15 is 0 Å².